The van der Waals surface area contributed by atoms with Gasteiger partial charge in [-0.3, -0.25) is 0 Å². The van der Waals surface area contributed by atoms with Crippen molar-refractivity contribution in [3.63, 3.8) is 0 Å². The van der Waals surface area contributed by atoms with Gasteiger partial charge in [0.05, 0.1) is 5.56 Å². The average Bonchev–Trinajstić information content (AvgIpc) is 2.61. The van der Waals surface area contributed by atoms with E-state index in [2.05, 4.69) is 9.88 Å². The van der Waals surface area contributed by atoms with Crippen molar-refractivity contribution >= 4 is 11.9 Å². The van der Waals surface area contributed by atoms with Crippen LogP contribution in [0.5, 0.6) is 0 Å². The van der Waals surface area contributed by atoms with Crippen LogP contribution in [0.25, 0.3) is 0 Å². The van der Waals surface area contributed by atoms with Gasteiger partial charge in [0.1, 0.15) is 5.56 Å². The van der Waals surface area contributed by atoms with Gasteiger partial charge in [-0.1, -0.05) is 0 Å². The second-order valence-electron chi connectivity index (χ2n) is 4.86. The van der Waals surface area contributed by atoms with E-state index in [-0.39, 0.29) is 0 Å². The fourth-order valence-corrected chi connectivity index (χ4v) is 2.69. The van der Waals surface area contributed by atoms with Crippen molar-refractivity contribution < 1.29 is 54.9 Å². The van der Waals surface area contributed by atoms with Crippen molar-refractivity contribution in [2.45, 2.75) is 0 Å². The monoisotopic (exact) mass is 384 g/mol. The van der Waals surface area contributed by atoms with Crippen molar-refractivity contribution in [1.82, 2.24) is 0 Å². The Hall–Kier alpha value is -3.18. The van der Waals surface area contributed by atoms with Crippen LogP contribution in [0.1, 0.15) is 20.7 Å². The van der Waals surface area contributed by atoms with E-state index in [0.29, 0.717) is 0 Å². The number of benzene rings is 2. The summed E-state index contributed by atoms with van der Waals surface area (Å²) in [5, 5.41) is -5.13. The first kappa shape index (κ1) is 17.6. The van der Waals surface area contributed by atoms with Gasteiger partial charge in [-0.05, 0) is 0 Å². The summed E-state index contributed by atoms with van der Waals surface area (Å²) in [5.41, 5.74) is -3.47. The van der Waals surface area contributed by atoms with Crippen LogP contribution in [0, 0.1) is 55.8 Å². The van der Waals surface area contributed by atoms with Crippen LogP contribution in [-0.4, -0.2) is 11.9 Å². The highest BCUT2D eigenvalue weighted by atomic mass is 19.3. The molecule has 12 heteroatoms. The van der Waals surface area contributed by atoms with Crippen molar-refractivity contribution in [3.05, 3.63) is 66.9 Å². The van der Waals surface area contributed by atoms with Crippen molar-refractivity contribution in [2.75, 3.05) is 0 Å². The molecule has 0 N–H and O–H groups in total. The summed E-state index contributed by atoms with van der Waals surface area (Å²) in [4.78, 5) is 28.1. The highest BCUT2D eigenvalue weighted by molar-refractivity contribution is 6.03. The van der Waals surface area contributed by atoms with Gasteiger partial charge in [-0.2, -0.15) is 0 Å². The number of fused-ring (bicyclic) bond motifs is 2. The lowest BCUT2D eigenvalue weighted by Gasteiger charge is -2.14. The molecule has 3 rings (SSSR count). The summed E-state index contributed by atoms with van der Waals surface area (Å²) in [6.07, 6.45) is 0. The van der Waals surface area contributed by atoms with E-state index in [0.717, 1.165) is 0 Å². The Bertz CT molecular complexity index is 1210. The first-order valence-corrected chi connectivity index (χ1v) is 6.26. The zero-order valence-corrected chi connectivity index (χ0v) is 11.7. The van der Waals surface area contributed by atoms with Crippen molar-refractivity contribution in [2.24, 2.45) is 0 Å². The Kier molecular flexibility index (Phi) is 3.85. The molecule has 0 aromatic heterocycles. The van der Waals surface area contributed by atoms with Gasteiger partial charge in [0, 0.05) is 29.9 Å². The molecule has 2 aromatic carbocycles. The van der Waals surface area contributed by atoms with Crippen LogP contribution >= 0.6 is 0 Å². The number of halogens is 8. The number of carbonyl (C=O) groups excluding carboxylic acids is 2. The summed E-state index contributed by atoms with van der Waals surface area (Å²) < 4.78 is 107. The van der Waals surface area contributed by atoms with Crippen LogP contribution in [0.15, 0.2) is 0 Å². The maximum Gasteiger partial charge on any atom is 0.383 e. The highest BCUT2D eigenvalue weighted by Crippen LogP contribution is 2.31. The molecule has 0 saturated carbocycles. The second-order valence-corrected chi connectivity index (χ2v) is 4.86. The lowest BCUT2D eigenvalue weighted by molar-refractivity contribution is -0.0827. The minimum absolute atomic E-state index is 1.22. The minimum Gasteiger partial charge on any atom is -0.249 e. The maximum atomic E-state index is 14.1. The van der Waals surface area contributed by atoms with Gasteiger partial charge in [-0.25, -0.2) is 45.8 Å². The topological polar surface area (TPSA) is 52.6 Å². The van der Waals surface area contributed by atoms with E-state index >= 15 is 0 Å². The molecule has 0 bridgehead atoms. The molecule has 0 unspecified atom stereocenters. The Morgan fingerprint density at radius 3 is 1.31 bits per heavy atom. The van der Waals surface area contributed by atoms with Crippen molar-refractivity contribution in [3.8, 4) is 0 Å². The number of hydrogen-bond acceptors (Lipinski definition) is 4. The molecule has 136 valence electrons. The molecular weight excluding hydrogens is 384 g/mol. The fraction of sp³-hybridized carbons (Fsp3) is 0. The van der Waals surface area contributed by atoms with Crippen LogP contribution in [-0.2, 0) is 9.88 Å². The molecule has 0 heterocycles. The summed E-state index contributed by atoms with van der Waals surface area (Å²) in [6, 6.07) is 0. The molecule has 1 aliphatic rings. The number of carbonyl (C=O) groups is 2. The molecule has 1 aliphatic carbocycles. The van der Waals surface area contributed by atoms with E-state index < -0.39 is 78.8 Å². The number of rotatable bonds is 2. The van der Waals surface area contributed by atoms with Gasteiger partial charge in [0.25, 0.3) is 0 Å². The largest absolute Gasteiger partial charge is 0.383 e. The first-order valence-electron chi connectivity index (χ1n) is 6.26. The van der Waals surface area contributed by atoms with Gasteiger partial charge in [0.15, 0.2) is 34.9 Å². The lowest BCUT2D eigenvalue weighted by Crippen LogP contribution is -2.20. The lowest BCUT2D eigenvalue weighted by atomic mass is 9.91. The zero-order valence-electron chi connectivity index (χ0n) is 11.7. The third-order valence-corrected chi connectivity index (χ3v) is 3.70. The molecule has 0 radical (unpaired) electrons. The smallest absolute Gasteiger partial charge is 0.249 e. The van der Waals surface area contributed by atoms with E-state index in [1.165, 1.54) is 0 Å². The first-order chi connectivity index (χ1) is 12.2. The molecule has 0 saturated heterocycles. The Labute approximate surface area is 135 Å². The summed E-state index contributed by atoms with van der Waals surface area (Å²) in [5.74, 6) is -18.1. The van der Waals surface area contributed by atoms with Crippen LogP contribution in [0.4, 0.5) is 35.4 Å². The molecule has 26 heavy (non-hydrogen) atoms. The predicted molar refractivity (Wildman–Crippen MR) is 61.0 cm³/mol. The maximum absolute atomic E-state index is 14.1. The predicted octanol–water partition coefficient (Wildman–Crippen LogP) is 3.49. The van der Waals surface area contributed by atoms with Crippen LogP contribution < -0.4 is 0 Å². The van der Waals surface area contributed by atoms with E-state index in [1.54, 1.807) is 0 Å². The van der Waals surface area contributed by atoms with Gasteiger partial charge in [-0.15, -0.1) is 0 Å². The Balaban J connectivity index is 2.74. The molecule has 0 amide bonds. The molecule has 2 aromatic rings. The molecule has 0 fully saturated rings. The molecular formula is C14F8O4. The van der Waals surface area contributed by atoms with E-state index in [4.69, 9.17) is 0 Å². The number of hydrogen-bond donors (Lipinski definition) is 0. The average molecular weight is 384 g/mol. The quantitative estimate of drug-likeness (QED) is 0.386. The van der Waals surface area contributed by atoms with Crippen molar-refractivity contribution in [1.29, 1.82) is 0 Å². The standard InChI is InChI=1S/C14F8O4/c15-7-2-1(3-4(2)9(17)12(20)11(19)8(3)16)5(13(23)25-21)6(10(7)18)14(24)26-22. The molecule has 0 aliphatic heterocycles. The van der Waals surface area contributed by atoms with Gasteiger partial charge in [0.2, 0.25) is 0 Å². The van der Waals surface area contributed by atoms with E-state index in [1.807, 2.05) is 0 Å². The SMILES string of the molecule is O=C(OF)c1c(F)c(F)c2c(c1C(=O)OF)=c1c(F)c(F)c(F)c(F)c1=2. The van der Waals surface area contributed by atoms with Gasteiger partial charge < -0.3 is 0 Å². The molecule has 0 spiro atoms. The third kappa shape index (κ3) is 1.95. The highest BCUT2D eigenvalue weighted by Gasteiger charge is 2.35. The summed E-state index contributed by atoms with van der Waals surface area (Å²) >= 11 is 0. The van der Waals surface area contributed by atoms with Gasteiger partial charge >= 0.3 is 11.9 Å². The van der Waals surface area contributed by atoms with E-state index in [9.17, 15) is 45.0 Å². The minimum atomic E-state index is -2.38. The van der Waals surface area contributed by atoms with Crippen LogP contribution in [0.2, 0.25) is 0 Å². The summed E-state index contributed by atoms with van der Waals surface area (Å²) in [6.45, 7) is 0. The third-order valence-electron chi connectivity index (χ3n) is 3.70. The second kappa shape index (κ2) is 5.68. The summed E-state index contributed by atoms with van der Waals surface area (Å²) in [7, 11) is 0. The normalized spacial score (nSPS) is 11.4. The molecule has 4 nitrogen and oxygen atoms in total. The molecule has 0 atom stereocenters. The van der Waals surface area contributed by atoms with Crippen LogP contribution in [0.3, 0.4) is 0 Å². The zero-order chi connectivity index (χ0) is 19.5. The fourth-order valence-electron chi connectivity index (χ4n) is 2.69. The Morgan fingerprint density at radius 2 is 0.846 bits per heavy atom. The Morgan fingerprint density at radius 1 is 0.500 bits per heavy atom.